The second kappa shape index (κ2) is 6.95. The maximum absolute atomic E-state index is 6.06. The van der Waals surface area contributed by atoms with Crippen LogP contribution in [-0.4, -0.2) is 62.6 Å². The summed E-state index contributed by atoms with van der Waals surface area (Å²) in [6, 6.07) is 5.85. The molecule has 0 unspecified atom stereocenters. The molecule has 1 N–H and O–H groups in total. The van der Waals surface area contributed by atoms with Gasteiger partial charge in [0.15, 0.2) is 10.8 Å². The Kier molecular flexibility index (Phi) is 4.52. The van der Waals surface area contributed by atoms with Gasteiger partial charge in [-0.2, -0.15) is 5.10 Å². The van der Waals surface area contributed by atoms with Gasteiger partial charge in [0, 0.05) is 57.4 Å². The molecule has 3 aromatic heterocycles. The number of likely N-dealkylation sites (N-methyl/N-ethyl adjacent to an activating group) is 1. The Morgan fingerprint density at radius 1 is 1.16 bits per heavy atom. The first-order valence-corrected chi connectivity index (χ1v) is 8.68. The van der Waals surface area contributed by atoms with Crippen LogP contribution in [0.1, 0.15) is 5.56 Å². The summed E-state index contributed by atoms with van der Waals surface area (Å²) in [5, 5.41) is 7.85. The third-order valence-electron chi connectivity index (χ3n) is 4.42. The second-order valence-corrected chi connectivity index (χ2v) is 6.72. The number of anilines is 2. The first-order valence-electron chi connectivity index (χ1n) is 8.30. The fourth-order valence-corrected chi connectivity index (χ4v) is 3.16. The predicted octanol–water partition coefficient (Wildman–Crippen LogP) is 2.27. The zero-order valence-corrected chi connectivity index (χ0v) is 14.8. The molecule has 4 rings (SSSR count). The SMILES string of the molecule is CN1CCN(Cc2ccc(Nc3cc(Cl)nn4ccnc34)nc2)CC1. The number of rotatable bonds is 4. The fraction of sp³-hybridized carbons (Fsp3) is 0.353. The first kappa shape index (κ1) is 16.3. The Labute approximate surface area is 151 Å². The Morgan fingerprint density at radius 2 is 2.00 bits per heavy atom. The molecule has 0 aromatic carbocycles. The van der Waals surface area contributed by atoms with E-state index < -0.39 is 0 Å². The summed E-state index contributed by atoms with van der Waals surface area (Å²) < 4.78 is 1.65. The quantitative estimate of drug-likeness (QED) is 0.773. The molecular formula is C17H20ClN7. The van der Waals surface area contributed by atoms with Crippen molar-refractivity contribution in [2.45, 2.75) is 6.54 Å². The van der Waals surface area contributed by atoms with Crippen molar-refractivity contribution < 1.29 is 0 Å². The van der Waals surface area contributed by atoms with Crippen LogP contribution in [0, 0.1) is 0 Å². The lowest BCUT2D eigenvalue weighted by molar-refractivity contribution is 0.148. The molecule has 0 bridgehead atoms. The highest BCUT2D eigenvalue weighted by atomic mass is 35.5. The number of fused-ring (bicyclic) bond motifs is 1. The van der Waals surface area contributed by atoms with Crippen LogP contribution in [-0.2, 0) is 6.54 Å². The zero-order chi connectivity index (χ0) is 17.2. The van der Waals surface area contributed by atoms with E-state index in [2.05, 4.69) is 43.3 Å². The highest BCUT2D eigenvalue weighted by Crippen LogP contribution is 2.22. The number of imidazole rings is 1. The molecular weight excluding hydrogens is 338 g/mol. The van der Waals surface area contributed by atoms with E-state index >= 15 is 0 Å². The summed E-state index contributed by atoms with van der Waals surface area (Å²) in [4.78, 5) is 13.6. The van der Waals surface area contributed by atoms with Gasteiger partial charge >= 0.3 is 0 Å². The first-order chi connectivity index (χ1) is 12.2. The lowest BCUT2D eigenvalue weighted by atomic mass is 10.2. The van der Waals surface area contributed by atoms with E-state index in [4.69, 9.17) is 11.6 Å². The Balaban J connectivity index is 1.46. The number of aromatic nitrogens is 4. The van der Waals surface area contributed by atoms with Crippen LogP contribution in [0.2, 0.25) is 5.15 Å². The van der Waals surface area contributed by atoms with E-state index in [0.29, 0.717) is 10.8 Å². The highest BCUT2D eigenvalue weighted by Gasteiger charge is 2.14. The normalized spacial score (nSPS) is 16.4. The van der Waals surface area contributed by atoms with E-state index in [0.717, 1.165) is 44.2 Å². The van der Waals surface area contributed by atoms with Crippen LogP contribution in [0.5, 0.6) is 0 Å². The minimum absolute atomic E-state index is 0.402. The molecule has 1 aliphatic rings. The molecule has 1 fully saturated rings. The third-order valence-corrected chi connectivity index (χ3v) is 4.60. The molecule has 1 aliphatic heterocycles. The molecule has 7 nitrogen and oxygen atoms in total. The smallest absolute Gasteiger partial charge is 0.177 e. The van der Waals surface area contributed by atoms with Gasteiger partial charge in [0.2, 0.25) is 0 Å². The lowest BCUT2D eigenvalue weighted by Crippen LogP contribution is -2.43. The number of halogens is 1. The number of hydrogen-bond acceptors (Lipinski definition) is 6. The second-order valence-electron chi connectivity index (χ2n) is 6.33. The fourth-order valence-electron chi connectivity index (χ4n) is 2.97. The maximum atomic E-state index is 6.06. The predicted molar refractivity (Wildman–Crippen MR) is 98.3 cm³/mol. The molecule has 4 heterocycles. The maximum Gasteiger partial charge on any atom is 0.177 e. The van der Waals surface area contributed by atoms with Crippen LogP contribution in [0.4, 0.5) is 11.5 Å². The average Bonchev–Trinajstić information content (AvgIpc) is 3.07. The van der Waals surface area contributed by atoms with E-state index in [-0.39, 0.29) is 0 Å². The minimum Gasteiger partial charge on any atom is -0.337 e. The van der Waals surface area contributed by atoms with Crippen LogP contribution >= 0.6 is 11.6 Å². The summed E-state index contributed by atoms with van der Waals surface area (Å²) >= 11 is 6.06. The number of nitrogens with one attached hydrogen (secondary N) is 1. The summed E-state index contributed by atoms with van der Waals surface area (Å²) in [5.41, 5.74) is 2.71. The van der Waals surface area contributed by atoms with Crippen molar-refractivity contribution in [3.05, 3.63) is 47.5 Å². The van der Waals surface area contributed by atoms with Gasteiger partial charge in [-0.15, -0.1) is 0 Å². The highest BCUT2D eigenvalue weighted by molar-refractivity contribution is 6.29. The molecule has 25 heavy (non-hydrogen) atoms. The Bertz CT molecular complexity index is 853. The summed E-state index contributed by atoms with van der Waals surface area (Å²) in [6.45, 7) is 5.38. The standard InChI is InChI=1S/C17H20ClN7/c1-23-6-8-24(9-7-23)12-13-2-3-16(20-11-13)21-14-10-15(18)22-25-5-4-19-17(14)25/h2-5,10-11H,6-9,12H2,1H3,(H,20,21). The van der Waals surface area contributed by atoms with Gasteiger partial charge in [0.1, 0.15) is 5.82 Å². The topological polar surface area (TPSA) is 61.6 Å². The van der Waals surface area contributed by atoms with Crippen LogP contribution in [0.3, 0.4) is 0 Å². The molecule has 0 spiro atoms. The molecule has 0 saturated carbocycles. The van der Waals surface area contributed by atoms with Crippen molar-refractivity contribution in [2.75, 3.05) is 38.5 Å². The molecule has 1 saturated heterocycles. The Hall–Kier alpha value is -2.22. The zero-order valence-electron chi connectivity index (χ0n) is 14.1. The lowest BCUT2D eigenvalue weighted by Gasteiger charge is -2.32. The molecule has 0 radical (unpaired) electrons. The largest absolute Gasteiger partial charge is 0.337 e. The van der Waals surface area contributed by atoms with E-state index in [1.165, 1.54) is 5.56 Å². The van der Waals surface area contributed by atoms with Crippen molar-refractivity contribution in [1.29, 1.82) is 0 Å². The minimum atomic E-state index is 0.402. The van der Waals surface area contributed by atoms with Crippen molar-refractivity contribution in [2.24, 2.45) is 0 Å². The molecule has 0 aliphatic carbocycles. The van der Waals surface area contributed by atoms with Crippen LogP contribution in [0.15, 0.2) is 36.8 Å². The van der Waals surface area contributed by atoms with Crippen molar-refractivity contribution in [3.8, 4) is 0 Å². The number of hydrogen-bond donors (Lipinski definition) is 1. The monoisotopic (exact) mass is 357 g/mol. The summed E-state index contributed by atoms with van der Waals surface area (Å²) in [6.07, 6.45) is 5.38. The summed E-state index contributed by atoms with van der Waals surface area (Å²) in [7, 11) is 2.17. The van der Waals surface area contributed by atoms with Crippen LogP contribution < -0.4 is 5.32 Å². The van der Waals surface area contributed by atoms with Gasteiger partial charge in [-0.25, -0.2) is 14.5 Å². The average molecular weight is 358 g/mol. The number of nitrogens with zero attached hydrogens (tertiary/aromatic N) is 6. The number of pyridine rings is 1. The Morgan fingerprint density at radius 3 is 2.76 bits per heavy atom. The molecule has 8 heteroatoms. The molecule has 0 amide bonds. The number of piperazine rings is 1. The van der Waals surface area contributed by atoms with Crippen molar-refractivity contribution in [3.63, 3.8) is 0 Å². The van der Waals surface area contributed by atoms with Gasteiger partial charge in [-0.05, 0) is 18.7 Å². The molecule has 3 aromatic rings. The van der Waals surface area contributed by atoms with E-state index in [1.54, 1.807) is 23.0 Å². The van der Waals surface area contributed by atoms with E-state index in [1.807, 2.05) is 12.3 Å². The third kappa shape index (κ3) is 3.73. The van der Waals surface area contributed by atoms with Gasteiger partial charge < -0.3 is 10.2 Å². The van der Waals surface area contributed by atoms with Gasteiger partial charge in [0.25, 0.3) is 0 Å². The molecule has 0 atom stereocenters. The van der Waals surface area contributed by atoms with E-state index in [9.17, 15) is 0 Å². The van der Waals surface area contributed by atoms with Gasteiger partial charge in [0.05, 0.1) is 5.69 Å². The van der Waals surface area contributed by atoms with Crippen molar-refractivity contribution in [1.82, 2.24) is 29.4 Å². The van der Waals surface area contributed by atoms with Crippen LogP contribution in [0.25, 0.3) is 5.65 Å². The summed E-state index contributed by atoms with van der Waals surface area (Å²) in [5.74, 6) is 0.759. The molecule has 130 valence electrons. The van der Waals surface area contributed by atoms with Crippen molar-refractivity contribution >= 4 is 28.8 Å². The van der Waals surface area contributed by atoms with Gasteiger partial charge in [-0.1, -0.05) is 17.7 Å². The van der Waals surface area contributed by atoms with Gasteiger partial charge in [-0.3, -0.25) is 4.90 Å².